The molecule has 19 heavy (non-hydrogen) atoms. The lowest BCUT2D eigenvalue weighted by molar-refractivity contribution is 0.947. The van der Waals surface area contributed by atoms with Crippen molar-refractivity contribution in [1.82, 2.24) is 14.5 Å². The van der Waals surface area contributed by atoms with Gasteiger partial charge in [-0.3, -0.25) is 4.98 Å². The Kier molecular flexibility index (Phi) is 3.01. The summed E-state index contributed by atoms with van der Waals surface area (Å²) in [7, 11) is 2.03. The highest BCUT2D eigenvalue weighted by Gasteiger charge is 2.10. The highest BCUT2D eigenvalue weighted by atomic mass is 15.1. The summed E-state index contributed by atoms with van der Waals surface area (Å²) in [6, 6.07) is 10.3. The fourth-order valence-corrected chi connectivity index (χ4v) is 2.31. The van der Waals surface area contributed by atoms with E-state index in [0.29, 0.717) is 6.54 Å². The molecular weight excluding hydrogens is 236 g/mol. The zero-order valence-corrected chi connectivity index (χ0v) is 10.9. The molecule has 0 aliphatic rings. The minimum atomic E-state index is 0.665. The van der Waals surface area contributed by atoms with Gasteiger partial charge in [0, 0.05) is 25.0 Å². The van der Waals surface area contributed by atoms with Crippen molar-refractivity contribution >= 4 is 11.0 Å². The normalized spacial score (nSPS) is 11.1. The molecule has 0 saturated heterocycles. The molecule has 0 aliphatic carbocycles. The molecule has 0 atom stereocenters. The van der Waals surface area contributed by atoms with Crippen LogP contribution in [0, 0.1) is 0 Å². The van der Waals surface area contributed by atoms with Crippen LogP contribution in [0.25, 0.3) is 22.4 Å². The van der Waals surface area contributed by atoms with Gasteiger partial charge in [0.1, 0.15) is 5.82 Å². The fourth-order valence-electron chi connectivity index (χ4n) is 2.31. The van der Waals surface area contributed by atoms with Crippen LogP contribution in [0.15, 0.2) is 42.7 Å². The summed E-state index contributed by atoms with van der Waals surface area (Å²) in [5.41, 5.74) is 10.0. The second kappa shape index (κ2) is 4.82. The maximum absolute atomic E-state index is 5.61. The lowest BCUT2D eigenvalue weighted by Gasteiger charge is -2.02. The third-order valence-electron chi connectivity index (χ3n) is 3.30. The highest BCUT2D eigenvalue weighted by Crippen LogP contribution is 2.23. The van der Waals surface area contributed by atoms with E-state index in [2.05, 4.69) is 32.7 Å². The molecule has 2 aromatic heterocycles. The largest absolute Gasteiger partial charge is 0.330 e. The molecule has 3 rings (SSSR count). The summed E-state index contributed by atoms with van der Waals surface area (Å²) >= 11 is 0. The van der Waals surface area contributed by atoms with Crippen LogP contribution in [0.1, 0.15) is 5.56 Å². The Morgan fingerprint density at radius 1 is 1.26 bits per heavy atom. The van der Waals surface area contributed by atoms with Gasteiger partial charge < -0.3 is 10.3 Å². The van der Waals surface area contributed by atoms with Gasteiger partial charge in [0.05, 0.1) is 11.0 Å². The van der Waals surface area contributed by atoms with Gasteiger partial charge in [0.15, 0.2) is 0 Å². The van der Waals surface area contributed by atoms with E-state index in [9.17, 15) is 0 Å². The Morgan fingerprint density at radius 2 is 2.16 bits per heavy atom. The maximum atomic E-state index is 5.61. The van der Waals surface area contributed by atoms with Crippen molar-refractivity contribution in [2.75, 3.05) is 6.54 Å². The number of nitrogens with two attached hydrogens (primary N) is 1. The molecule has 4 heteroatoms. The number of aromatic nitrogens is 3. The van der Waals surface area contributed by atoms with Gasteiger partial charge in [0.25, 0.3) is 0 Å². The standard InChI is InChI=1S/C15H16N4/c1-19-14-9-11(6-7-16)4-5-13(14)18-15(19)12-3-2-8-17-10-12/h2-5,8-10H,6-7,16H2,1H3. The quantitative estimate of drug-likeness (QED) is 0.777. The van der Waals surface area contributed by atoms with Crippen molar-refractivity contribution in [2.24, 2.45) is 12.8 Å². The molecule has 0 spiro atoms. The number of rotatable bonds is 3. The van der Waals surface area contributed by atoms with Crippen molar-refractivity contribution in [3.63, 3.8) is 0 Å². The number of pyridine rings is 1. The number of fused-ring (bicyclic) bond motifs is 1. The lowest BCUT2D eigenvalue weighted by Crippen LogP contribution is -2.02. The molecule has 0 fully saturated rings. The lowest BCUT2D eigenvalue weighted by atomic mass is 10.1. The molecule has 0 radical (unpaired) electrons. The smallest absolute Gasteiger partial charge is 0.142 e. The van der Waals surface area contributed by atoms with Crippen molar-refractivity contribution < 1.29 is 0 Å². The van der Waals surface area contributed by atoms with E-state index in [1.807, 2.05) is 25.4 Å². The van der Waals surface area contributed by atoms with Crippen molar-refractivity contribution in [3.8, 4) is 11.4 Å². The van der Waals surface area contributed by atoms with Crippen molar-refractivity contribution in [2.45, 2.75) is 6.42 Å². The molecule has 0 amide bonds. The molecule has 96 valence electrons. The monoisotopic (exact) mass is 252 g/mol. The van der Waals surface area contributed by atoms with Gasteiger partial charge in [-0.1, -0.05) is 6.07 Å². The second-order valence-electron chi connectivity index (χ2n) is 4.60. The van der Waals surface area contributed by atoms with Gasteiger partial charge in [-0.05, 0) is 42.8 Å². The van der Waals surface area contributed by atoms with Crippen LogP contribution >= 0.6 is 0 Å². The second-order valence-corrected chi connectivity index (χ2v) is 4.60. The predicted octanol–water partition coefficient (Wildman–Crippen LogP) is 2.14. The Hall–Kier alpha value is -2.20. The van der Waals surface area contributed by atoms with E-state index in [-0.39, 0.29) is 0 Å². The highest BCUT2D eigenvalue weighted by molar-refractivity contribution is 5.81. The first-order valence-corrected chi connectivity index (χ1v) is 6.35. The summed E-state index contributed by atoms with van der Waals surface area (Å²) in [5.74, 6) is 0.938. The Bertz CT molecular complexity index is 701. The average molecular weight is 252 g/mol. The topological polar surface area (TPSA) is 56.7 Å². The number of benzene rings is 1. The van der Waals surface area contributed by atoms with Gasteiger partial charge in [-0.2, -0.15) is 0 Å². The predicted molar refractivity (Wildman–Crippen MR) is 76.7 cm³/mol. The third kappa shape index (κ3) is 2.11. The third-order valence-corrected chi connectivity index (χ3v) is 3.30. The number of imidazole rings is 1. The summed E-state index contributed by atoms with van der Waals surface area (Å²) in [4.78, 5) is 8.82. The maximum Gasteiger partial charge on any atom is 0.142 e. The van der Waals surface area contributed by atoms with Crippen LogP contribution in [0.5, 0.6) is 0 Å². The van der Waals surface area contributed by atoms with Crippen LogP contribution in [-0.2, 0) is 13.5 Å². The first-order chi connectivity index (χ1) is 9.29. The van der Waals surface area contributed by atoms with Crippen molar-refractivity contribution in [1.29, 1.82) is 0 Å². The van der Waals surface area contributed by atoms with E-state index in [4.69, 9.17) is 5.73 Å². The first-order valence-electron chi connectivity index (χ1n) is 6.35. The molecule has 2 heterocycles. The van der Waals surface area contributed by atoms with E-state index in [1.54, 1.807) is 6.20 Å². The summed E-state index contributed by atoms with van der Waals surface area (Å²) in [6.45, 7) is 0.665. The van der Waals surface area contributed by atoms with Crippen LogP contribution in [0.2, 0.25) is 0 Å². The Morgan fingerprint density at radius 3 is 2.89 bits per heavy atom. The number of aryl methyl sites for hydroxylation is 1. The van der Waals surface area contributed by atoms with E-state index < -0.39 is 0 Å². The fraction of sp³-hybridized carbons (Fsp3) is 0.200. The van der Waals surface area contributed by atoms with E-state index >= 15 is 0 Å². The van der Waals surface area contributed by atoms with Gasteiger partial charge >= 0.3 is 0 Å². The Balaban J connectivity index is 2.15. The molecule has 1 aromatic carbocycles. The number of nitrogens with zero attached hydrogens (tertiary/aromatic N) is 3. The molecule has 0 bridgehead atoms. The molecule has 0 unspecified atom stereocenters. The molecule has 2 N–H and O–H groups in total. The minimum Gasteiger partial charge on any atom is -0.330 e. The summed E-state index contributed by atoms with van der Waals surface area (Å²) in [5, 5.41) is 0. The Labute approximate surface area is 111 Å². The summed E-state index contributed by atoms with van der Waals surface area (Å²) < 4.78 is 2.10. The van der Waals surface area contributed by atoms with Crippen LogP contribution in [-0.4, -0.2) is 21.1 Å². The number of hydrogen-bond acceptors (Lipinski definition) is 3. The van der Waals surface area contributed by atoms with Gasteiger partial charge in [0.2, 0.25) is 0 Å². The average Bonchev–Trinajstić information content (AvgIpc) is 2.78. The van der Waals surface area contributed by atoms with Gasteiger partial charge in [-0.25, -0.2) is 4.98 Å². The van der Waals surface area contributed by atoms with E-state index in [0.717, 1.165) is 28.8 Å². The van der Waals surface area contributed by atoms with Crippen molar-refractivity contribution in [3.05, 3.63) is 48.3 Å². The van der Waals surface area contributed by atoms with Crippen LogP contribution in [0.3, 0.4) is 0 Å². The van der Waals surface area contributed by atoms with Crippen LogP contribution in [0.4, 0.5) is 0 Å². The van der Waals surface area contributed by atoms with Gasteiger partial charge in [-0.15, -0.1) is 0 Å². The zero-order chi connectivity index (χ0) is 13.2. The minimum absolute atomic E-state index is 0.665. The number of hydrogen-bond donors (Lipinski definition) is 1. The summed E-state index contributed by atoms with van der Waals surface area (Å²) in [6.07, 6.45) is 4.50. The van der Waals surface area contributed by atoms with E-state index in [1.165, 1.54) is 5.56 Å². The molecule has 3 aromatic rings. The molecule has 0 aliphatic heterocycles. The molecular formula is C15H16N4. The van der Waals surface area contributed by atoms with Crippen LogP contribution < -0.4 is 5.73 Å². The molecule has 4 nitrogen and oxygen atoms in total. The zero-order valence-electron chi connectivity index (χ0n) is 10.9. The first kappa shape index (κ1) is 11.9. The molecule has 0 saturated carbocycles. The SMILES string of the molecule is Cn1c(-c2cccnc2)nc2ccc(CCN)cc21.